The van der Waals surface area contributed by atoms with Crippen LogP contribution in [0.5, 0.6) is 0 Å². The van der Waals surface area contributed by atoms with Crippen molar-refractivity contribution in [2.24, 2.45) is 11.3 Å². The van der Waals surface area contributed by atoms with Gasteiger partial charge in [0.05, 0.1) is 0 Å². The number of rotatable bonds is 8. The Labute approximate surface area is 102 Å². The molecule has 96 valence electrons. The van der Waals surface area contributed by atoms with Crippen molar-refractivity contribution >= 4 is 0 Å². The summed E-state index contributed by atoms with van der Waals surface area (Å²) in [7, 11) is 0. The minimum atomic E-state index is 0.657. The Balaban J connectivity index is 2.38. The molecule has 0 aromatic rings. The smallest absolute Gasteiger partial charge is 0.000790 e. The van der Waals surface area contributed by atoms with Crippen LogP contribution in [0.15, 0.2) is 0 Å². The molecule has 0 radical (unpaired) electrons. The Bertz CT molecular complexity index is 170. The maximum absolute atomic E-state index is 3.67. The topological polar surface area (TPSA) is 12.0 Å². The van der Waals surface area contributed by atoms with Gasteiger partial charge in [0.1, 0.15) is 0 Å². The van der Waals surface area contributed by atoms with E-state index < -0.39 is 0 Å². The standard InChI is InChI=1S/C15H31N/c1-4-8-14(3)12-15(9-6-7-10-15)13-16-11-5-2/h14,16H,4-13H2,1-3H3. The molecule has 0 heterocycles. The Morgan fingerprint density at radius 2 is 1.81 bits per heavy atom. The molecule has 1 nitrogen and oxygen atoms in total. The van der Waals surface area contributed by atoms with Crippen LogP contribution in [0.2, 0.25) is 0 Å². The van der Waals surface area contributed by atoms with Crippen molar-refractivity contribution in [3.05, 3.63) is 0 Å². The van der Waals surface area contributed by atoms with Gasteiger partial charge in [-0.25, -0.2) is 0 Å². The van der Waals surface area contributed by atoms with Crippen molar-refractivity contribution in [1.29, 1.82) is 0 Å². The average molecular weight is 225 g/mol. The lowest BCUT2D eigenvalue weighted by Gasteiger charge is -2.32. The molecule has 1 rings (SSSR count). The summed E-state index contributed by atoms with van der Waals surface area (Å²) in [5.74, 6) is 0.923. The Morgan fingerprint density at radius 1 is 1.12 bits per heavy atom. The zero-order chi connectivity index (χ0) is 11.9. The van der Waals surface area contributed by atoms with Gasteiger partial charge in [-0.2, -0.15) is 0 Å². The van der Waals surface area contributed by atoms with E-state index in [-0.39, 0.29) is 0 Å². The van der Waals surface area contributed by atoms with E-state index in [4.69, 9.17) is 0 Å². The molecule has 1 aliphatic carbocycles. The first-order valence-corrected chi connectivity index (χ1v) is 7.43. The summed E-state index contributed by atoms with van der Waals surface area (Å²) in [5.41, 5.74) is 0.657. The Kier molecular flexibility index (Phi) is 6.41. The molecule has 0 amide bonds. The molecular weight excluding hydrogens is 194 g/mol. The van der Waals surface area contributed by atoms with Gasteiger partial charge in [0.25, 0.3) is 0 Å². The first kappa shape index (κ1) is 14.0. The molecule has 0 aliphatic heterocycles. The lowest BCUT2D eigenvalue weighted by atomic mass is 9.77. The predicted octanol–water partition coefficient (Wildman–Crippen LogP) is 4.37. The third kappa shape index (κ3) is 4.45. The fourth-order valence-electron chi connectivity index (χ4n) is 3.44. The highest BCUT2D eigenvalue weighted by Gasteiger charge is 2.34. The van der Waals surface area contributed by atoms with E-state index in [1.807, 2.05) is 0 Å². The fourth-order valence-corrected chi connectivity index (χ4v) is 3.44. The molecule has 0 spiro atoms. The summed E-state index contributed by atoms with van der Waals surface area (Å²) in [5, 5.41) is 3.67. The van der Waals surface area contributed by atoms with Crippen LogP contribution in [0, 0.1) is 11.3 Å². The zero-order valence-electron chi connectivity index (χ0n) is 11.6. The lowest BCUT2D eigenvalue weighted by molar-refractivity contribution is 0.211. The molecule has 0 saturated heterocycles. The van der Waals surface area contributed by atoms with Gasteiger partial charge in [0.2, 0.25) is 0 Å². The van der Waals surface area contributed by atoms with Gasteiger partial charge in [-0.1, -0.05) is 46.5 Å². The van der Waals surface area contributed by atoms with Crippen LogP contribution in [0.25, 0.3) is 0 Å². The van der Waals surface area contributed by atoms with E-state index in [1.165, 1.54) is 64.5 Å². The molecule has 1 saturated carbocycles. The summed E-state index contributed by atoms with van der Waals surface area (Å²) in [4.78, 5) is 0. The molecule has 1 unspecified atom stereocenters. The number of hydrogen-bond acceptors (Lipinski definition) is 1. The highest BCUT2D eigenvalue weighted by atomic mass is 14.9. The van der Waals surface area contributed by atoms with Gasteiger partial charge >= 0.3 is 0 Å². The molecule has 1 atom stereocenters. The highest BCUT2D eigenvalue weighted by Crippen LogP contribution is 2.43. The fraction of sp³-hybridized carbons (Fsp3) is 1.00. The van der Waals surface area contributed by atoms with Crippen LogP contribution in [-0.2, 0) is 0 Å². The second kappa shape index (κ2) is 7.32. The van der Waals surface area contributed by atoms with Crippen molar-refractivity contribution in [3.8, 4) is 0 Å². The molecule has 0 aromatic carbocycles. The van der Waals surface area contributed by atoms with Crippen LogP contribution in [0.1, 0.15) is 72.1 Å². The largest absolute Gasteiger partial charge is 0.316 e. The zero-order valence-corrected chi connectivity index (χ0v) is 11.6. The van der Waals surface area contributed by atoms with Crippen LogP contribution in [0.4, 0.5) is 0 Å². The maximum Gasteiger partial charge on any atom is 0.000790 e. The van der Waals surface area contributed by atoms with Gasteiger partial charge in [-0.3, -0.25) is 0 Å². The summed E-state index contributed by atoms with van der Waals surface area (Å²) in [6.07, 6.45) is 11.3. The van der Waals surface area contributed by atoms with Crippen molar-refractivity contribution in [3.63, 3.8) is 0 Å². The quantitative estimate of drug-likeness (QED) is 0.605. The van der Waals surface area contributed by atoms with E-state index in [0.717, 1.165) is 5.92 Å². The number of nitrogens with one attached hydrogen (secondary N) is 1. The Hall–Kier alpha value is -0.0400. The average Bonchev–Trinajstić information content (AvgIpc) is 2.67. The van der Waals surface area contributed by atoms with Crippen molar-refractivity contribution in [2.75, 3.05) is 13.1 Å². The third-order valence-electron chi connectivity index (χ3n) is 4.15. The van der Waals surface area contributed by atoms with E-state index in [1.54, 1.807) is 0 Å². The Morgan fingerprint density at radius 3 is 2.38 bits per heavy atom. The van der Waals surface area contributed by atoms with Gasteiger partial charge in [-0.15, -0.1) is 0 Å². The van der Waals surface area contributed by atoms with Gasteiger partial charge in [0, 0.05) is 6.54 Å². The molecule has 1 aliphatic rings. The SMILES string of the molecule is CCCNCC1(CC(C)CCC)CCCC1. The van der Waals surface area contributed by atoms with E-state index in [2.05, 4.69) is 26.1 Å². The molecule has 1 heteroatoms. The normalized spacial score (nSPS) is 21.2. The minimum absolute atomic E-state index is 0.657. The molecule has 16 heavy (non-hydrogen) atoms. The summed E-state index contributed by atoms with van der Waals surface area (Å²) in [6.45, 7) is 9.49. The van der Waals surface area contributed by atoms with E-state index in [9.17, 15) is 0 Å². The number of hydrogen-bond donors (Lipinski definition) is 1. The summed E-state index contributed by atoms with van der Waals surface area (Å²) in [6, 6.07) is 0. The van der Waals surface area contributed by atoms with E-state index in [0.29, 0.717) is 5.41 Å². The van der Waals surface area contributed by atoms with Crippen LogP contribution in [0.3, 0.4) is 0 Å². The predicted molar refractivity (Wildman–Crippen MR) is 72.8 cm³/mol. The van der Waals surface area contributed by atoms with Crippen LogP contribution in [-0.4, -0.2) is 13.1 Å². The first-order chi connectivity index (χ1) is 7.72. The van der Waals surface area contributed by atoms with Gasteiger partial charge in [-0.05, 0) is 43.6 Å². The summed E-state index contributed by atoms with van der Waals surface area (Å²) < 4.78 is 0. The molecule has 1 N–H and O–H groups in total. The van der Waals surface area contributed by atoms with Crippen molar-refractivity contribution < 1.29 is 0 Å². The van der Waals surface area contributed by atoms with Gasteiger partial charge < -0.3 is 5.32 Å². The second-order valence-electron chi connectivity index (χ2n) is 5.98. The van der Waals surface area contributed by atoms with Gasteiger partial charge in [0.15, 0.2) is 0 Å². The van der Waals surface area contributed by atoms with Crippen molar-refractivity contribution in [2.45, 2.75) is 72.1 Å². The monoisotopic (exact) mass is 225 g/mol. The highest BCUT2D eigenvalue weighted by molar-refractivity contribution is 4.87. The van der Waals surface area contributed by atoms with Crippen LogP contribution >= 0.6 is 0 Å². The molecule has 1 fully saturated rings. The van der Waals surface area contributed by atoms with E-state index >= 15 is 0 Å². The van der Waals surface area contributed by atoms with Crippen LogP contribution < -0.4 is 5.32 Å². The minimum Gasteiger partial charge on any atom is -0.316 e. The molecule has 0 aromatic heterocycles. The second-order valence-corrected chi connectivity index (χ2v) is 5.98. The first-order valence-electron chi connectivity index (χ1n) is 7.43. The lowest BCUT2D eigenvalue weighted by Crippen LogP contribution is -2.34. The third-order valence-corrected chi connectivity index (χ3v) is 4.15. The molecular formula is C15H31N. The van der Waals surface area contributed by atoms with Crippen molar-refractivity contribution in [1.82, 2.24) is 5.32 Å². The molecule has 0 bridgehead atoms. The maximum atomic E-state index is 3.67. The summed E-state index contributed by atoms with van der Waals surface area (Å²) >= 11 is 0.